The van der Waals surface area contributed by atoms with Crippen LogP contribution in [0.3, 0.4) is 0 Å². The van der Waals surface area contributed by atoms with E-state index in [2.05, 4.69) is 25.9 Å². The van der Waals surface area contributed by atoms with Crippen LogP contribution in [0.2, 0.25) is 0 Å². The first-order chi connectivity index (χ1) is 8.01. The first-order valence-electron chi connectivity index (χ1n) is 6.46. The Morgan fingerprint density at radius 3 is 2.24 bits per heavy atom. The summed E-state index contributed by atoms with van der Waals surface area (Å²) in [5, 5.41) is 11.2. The highest BCUT2D eigenvalue weighted by atomic mass is 16.3. The third kappa shape index (κ3) is 1.90. The molecule has 1 aliphatic carbocycles. The lowest BCUT2D eigenvalue weighted by Crippen LogP contribution is -2.59. The summed E-state index contributed by atoms with van der Waals surface area (Å²) < 4.78 is 0. The van der Waals surface area contributed by atoms with Gasteiger partial charge in [-0.3, -0.25) is 0 Å². The Labute approximate surface area is 104 Å². The van der Waals surface area contributed by atoms with Crippen molar-refractivity contribution in [3.8, 4) is 0 Å². The molecule has 0 spiro atoms. The van der Waals surface area contributed by atoms with Gasteiger partial charge in [0.2, 0.25) is 0 Å². The zero-order valence-electron chi connectivity index (χ0n) is 11.1. The lowest BCUT2D eigenvalue weighted by molar-refractivity contribution is -0.123. The first kappa shape index (κ1) is 12.6. The predicted octanol–water partition coefficient (Wildman–Crippen LogP) is 2.77. The van der Waals surface area contributed by atoms with Crippen LogP contribution in [0.1, 0.15) is 38.2 Å². The van der Waals surface area contributed by atoms with E-state index in [0.717, 1.165) is 24.8 Å². The van der Waals surface area contributed by atoms with Gasteiger partial charge in [-0.25, -0.2) is 0 Å². The number of benzene rings is 1. The summed E-state index contributed by atoms with van der Waals surface area (Å²) in [6.45, 7) is 2.18. The number of likely N-dealkylation sites (N-methyl/N-ethyl adjacent to an activating group) is 1. The zero-order chi connectivity index (χ0) is 12.5. The molecule has 0 saturated heterocycles. The van der Waals surface area contributed by atoms with E-state index >= 15 is 0 Å². The lowest BCUT2D eigenvalue weighted by atomic mass is 9.66. The van der Waals surface area contributed by atoms with Gasteiger partial charge in [0.15, 0.2) is 0 Å². The zero-order valence-corrected chi connectivity index (χ0v) is 11.1. The van der Waals surface area contributed by atoms with E-state index in [1.807, 2.05) is 30.3 Å². The fourth-order valence-corrected chi connectivity index (χ4v) is 3.09. The van der Waals surface area contributed by atoms with Crippen molar-refractivity contribution in [3.63, 3.8) is 0 Å². The molecule has 94 valence electrons. The van der Waals surface area contributed by atoms with E-state index < -0.39 is 5.60 Å². The van der Waals surface area contributed by atoms with Gasteiger partial charge in [-0.15, -0.1) is 0 Å². The highest BCUT2D eigenvalue weighted by molar-refractivity contribution is 5.28. The maximum atomic E-state index is 11.2. The van der Waals surface area contributed by atoms with Crippen LogP contribution in [-0.4, -0.2) is 29.6 Å². The number of rotatable bonds is 2. The lowest BCUT2D eigenvalue weighted by Gasteiger charge is -2.52. The highest BCUT2D eigenvalue weighted by Crippen LogP contribution is 2.46. The van der Waals surface area contributed by atoms with Crippen molar-refractivity contribution in [1.82, 2.24) is 4.90 Å². The van der Waals surface area contributed by atoms with Crippen LogP contribution in [0.4, 0.5) is 0 Å². The number of hydrogen-bond acceptors (Lipinski definition) is 2. The topological polar surface area (TPSA) is 23.5 Å². The molecule has 1 fully saturated rings. The highest BCUT2D eigenvalue weighted by Gasteiger charge is 2.50. The molecule has 1 N–H and O–H groups in total. The summed E-state index contributed by atoms with van der Waals surface area (Å²) >= 11 is 0. The average Bonchev–Trinajstić information content (AvgIpc) is 2.34. The Balaban J connectivity index is 2.45. The molecule has 0 amide bonds. The van der Waals surface area contributed by atoms with Crippen molar-refractivity contribution in [3.05, 3.63) is 35.9 Å². The quantitative estimate of drug-likeness (QED) is 0.849. The van der Waals surface area contributed by atoms with Crippen LogP contribution in [0, 0.1) is 0 Å². The molecule has 0 radical (unpaired) electrons. The van der Waals surface area contributed by atoms with Crippen molar-refractivity contribution in [2.45, 2.75) is 43.7 Å². The van der Waals surface area contributed by atoms with Gasteiger partial charge in [-0.1, -0.05) is 43.2 Å². The standard InChI is InChI=1S/C15H23NO/c1-14(16(2)3)11-7-8-12-15(14,17)13-9-5-4-6-10-13/h4-6,9-10,17H,7-8,11-12H2,1-3H3. The minimum absolute atomic E-state index is 0.174. The summed E-state index contributed by atoms with van der Waals surface area (Å²) in [7, 11) is 4.14. The van der Waals surface area contributed by atoms with Crippen LogP contribution < -0.4 is 0 Å². The Kier molecular flexibility index (Phi) is 3.28. The number of hydrogen-bond donors (Lipinski definition) is 1. The third-order valence-electron chi connectivity index (χ3n) is 4.58. The van der Waals surface area contributed by atoms with Crippen molar-refractivity contribution >= 4 is 0 Å². The van der Waals surface area contributed by atoms with Gasteiger partial charge in [-0.05, 0) is 39.4 Å². The fraction of sp³-hybridized carbons (Fsp3) is 0.600. The Morgan fingerprint density at radius 2 is 1.65 bits per heavy atom. The Bertz CT molecular complexity index is 376. The van der Waals surface area contributed by atoms with Gasteiger partial charge in [0.05, 0.1) is 5.54 Å². The van der Waals surface area contributed by atoms with Gasteiger partial charge >= 0.3 is 0 Å². The first-order valence-corrected chi connectivity index (χ1v) is 6.46. The van der Waals surface area contributed by atoms with Gasteiger partial charge in [0.1, 0.15) is 5.60 Å². The van der Waals surface area contributed by atoms with Crippen molar-refractivity contribution in [1.29, 1.82) is 0 Å². The number of aliphatic hydroxyl groups is 1. The van der Waals surface area contributed by atoms with E-state index in [1.165, 1.54) is 6.42 Å². The monoisotopic (exact) mass is 233 g/mol. The van der Waals surface area contributed by atoms with E-state index in [1.54, 1.807) is 0 Å². The summed E-state index contributed by atoms with van der Waals surface area (Å²) in [5.74, 6) is 0. The maximum Gasteiger partial charge on any atom is 0.108 e. The van der Waals surface area contributed by atoms with Crippen LogP contribution in [0.15, 0.2) is 30.3 Å². The SMILES string of the molecule is CN(C)C1(C)CCCCC1(O)c1ccccc1. The molecule has 0 aliphatic heterocycles. The largest absolute Gasteiger partial charge is 0.383 e. The van der Waals surface area contributed by atoms with Gasteiger partial charge in [0.25, 0.3) is 0 Å². The molecule has 1 saturated carbocycles. The van der Waals surface area contributed by atoms with Crippen LogP contribution >= 0.6 is 0 Å². The van der Waals surface area contributed by atoms with E-state index in [9.17, 15) is 5.11 Å². The molecule has 1 aliphatic rings. The van der Waals surface area contributed by atoms with Gasteiger partial charge in [0, 0.05) is 0 Å². The van der Waals surface area contributed by atoms with Crippen LogP contribution in [0.25, 0.3) is 0 Å². The molecule has 17 heavy (non-hydrogen) atoms. The minimum Gasteiger partial charge on any atom is -0.383 e. The van der Waals surface area contributed by atoms with E-state index in [4.69, 9.17) is 0 Å². The second-order valence-electron chi connectivity index (χ2n) is 5.60. The molecule has 2 nitrogen and oxygen atoms in total. The average molecular weight is 233 g/mol. The van der Waals surface area contributed by atoms with Crippen molar-refractivity contribution in [2.75, 3.05) is 14.1 Å². The van der Waals surface area contributed by atoms with Gasteiger partial charge in [-0.2, -0.15) is 0 Å². The molecule has 2 unspecified atom stereocenters. The van der Waals surface area contributed by atoms with Crippen LogP contribution in [-0.2, 0) is 5.60 Å². The summed E-state index contributed by atoms with van der Waals surface area (Å²) in [4.78, 5) is 2.18. The Hall–Kier alpha value is -0.860. The summed E-state index contributed by atoms with van der Waals surface area (Å²) in [6, 6.07) is 10.1. The molecular weight excluding hydrogens is 210 g/mol. The van der Waals surface area contributed by atoms with Crippen molar-refractivity contribution in [2.24, 2.45) is 0 Å². The summed E-state index contributed by atoms with van der Waals surface area (Å²) in [5.41, 5.74) is 0.152. The second-order valence-corrected chi connectivity index (χ2v) is 5.60. The molecule has 2 rings (SSSR count). The minimum atomic E-state index is -0.726. The molecule has 2 atom stereocenters. The van der Waals surface area contributed by atoms with E-state index in [-0.39, 0.29) is 5.54 Å². The normalized spacial score (nSPS) is 33.9. The molecule has 1 aromatic carbocycles. The smallest absolute Gasteiger partial charge is 0.108 e. The maximum absolute atomic E-state index is 11.2. The van der Waals surface area contributed by atoms with Crippen LogP contribution in [0.5, 0.6) is 0 Å². The fourth-order valence-electron chi connectivity index (χ4n) is 3.09. The van der Waals surface area contributed by atoms with E-state index in [0.29, 0.717) is 0 Å². The summed E-state index contributed by atoms with van der Waals surface area (Å²) in [6.07, 6.45) is 4.20. The molecule has 1 aromatic rings. The third-order valence-corrected chi connectivity index (χ3v) is 4.58. The number of nitrogens with zero attached hydrogens (tertiary/aromatic N) is 1. The molecule has 0 heterocycles. The van der Waals surface area contributed by atoms with Gasteiger partial charge < -0.3 is 10.0 Å². The van der Waals surface area contributed by atoms with Crippen molar-refractivity contribution < 1.29 is 5.11 Å². The molecule has 0 bridgehead atoms. The predicted molar refractivity (Wildman–Crippen MR) is 70.9 cm³/mol. The Morgan fingerprint density at radius 1 is 1.06 bits per heavy atom. The second kappa shape index (κ2) is 4.43. The molecule has 2 heteroatoms. The molecular formula is C15H23NO. The molecule has 0 aromatic heterocycles.